The summed E-state index contributed by atoms with van der Waals surface area (Å²) in [6.07, 6.45) is -12.7. The van der Waals surface area contributed by atoms with E-state index >= 15 is 0 Å². The van der Waals surface area contributed by atoms with E-state index in [1.807, 2.05) is 22.3 Å². The number of benzene rings is 7. The zero-order valence-electron chi connectivity index (χ0n) is 72.3. The summed E-state index contributed by atoms with van der Waals surface area (Å²) in [5.74, 6) is -3.08. The zero-order valence-corrected chi connectivity index (χ0v) is 73.2. The van der Waals surface area contributed by atoms with Crippen LogP contribution in [-0.4, -0.2) is 156 Å². The molecule has 1 fully saturated rings. The number of alkyl halides is 12. The normalized spacial score (nSPS) is 13.2. The third kappa shape index (κ3) is 24.1. The smallest absolute Gasteiger partial charge is 0.432 e. The molecule has 1 amide bonds. The van der Waals surface area contributed by atoms with E-state index in [9.17, 15) is 103 Å². The van der Waals surface area contributed by atoms with Crippen molar-refractivity contribution in [2.24, 2.45) is 4.99 Å². The van der Waals surface area contributed by atoms with Gasteiger partial charge in [-0.3, -0.25) is 54.8 Å². The van der Waals surface area contributed by atoms with E-state index in [-0.39, 0.29) is 82.4 Å². The number of sulfone groups is 1. The Balaban J connectivity index is 0.000000154. The number of aromatic amines is 7. The van der Waals surface area contributed by atoms with Crippen LogP contribution in [-0.2, 0) is 89.2 Å². The molecule has 136 heavy (non-hydrogen) atoms. The van der Waals surface area contributed by atoms with Crippen LogP contribution in [0.3, 0.4) is 0 Å². The Morgan fingerprint density at radius 3 is 1.35 bits per heavy atom. The lowest BCUT2D eigenvalue weighted by atomic mass is 9.90. The molecule has 2 aliphatic rings. The third-order valence-electron chi connectivity index (χ3n) is 21.9. The second-order valence-corrected chi connectivity index (χ2v) is 33.6. The number of H-pyrrole nitrogens is 7. The van der Waals surface area contributed by atoms with Crippen molar-refractivity contribution in [1.82, 2.24) is 74.4 Å². The highest BCUT2D eigenvalue weighted by Crippen LogP contribution is 2.36. The van der Waals surface area contributed by atoms with Gasteiger partial charge in [0.1, 0.15) is 34.4 Å². The van der Waals surface area contributed by atoms with E-state index in [0.717, 1.165) is 64.9 Å². The largest absolute Gasteiger partial charge is 0.478 e. The van der Waals surface area contributed by atoms with Crippen molar-refractivity contribution in [1.29, 1.82) is 0 Å². The van der Waals surface area contributed by atoms with Crippen LogP contribution in [0.15, 0.2) is 235 Å². The van der Waals surface area contributed by atoms with Gasteiger partial charge in [-0.15, -0.1) is 0 Å². The summed E-state index contributed by atoms with van der Waals surface area (Å²) in [4.78, 5) is 99.0. The number of carbonyl (C=O) groups is 3. The molecule has 43 heteroatoms. The highest BCUT2D eigenvalue weighted by molar-refractivity contribution is 7.90. The number of piperidine rings is 1. The number of esters is 1. The number of aromatic carboxylic acids is 1. The van der Waals surface area contributed by atoms with E-state index in [4.69, 9.17) is 14.6 Å². The minimum atomic E-state index is -4.68. The zero-order chi connectivity index (χ0) is 97.9. The molecule has 14 aromatic rings. The number of imidazole rings is 1. The summed E-state index contributed by atoms with van der Waals surface area (Å²) in [5, 5.41) is 31.7. The molecule has 712 valence electrons. The average Bonchev–Trinajstić information content (AvgIpc) is 1.65. The van der Waals surface area contributed by atoms with Gasteiger partial charge in [-0.05, 0) is 185 Å². The minimum Gasteiger partial charge on any atom is -0.478 e. The number of nitrogens with one attached hydrogen (secondary N) is 7. The van der Waals surface area contributed by atoms with Gasteiger partial charge in [-0.1, -0.05) is 121 Å². The van der Waals surface area contributed by atoms with Gasteiger partial charge in [0.15, 0.2) is 21.5 Å². The predicted octanol–water partition coefficient (Wildman–Crippen LogP) is 17.2. The number of carbonyl (C=O) groups excluding carboxylic acids is 2. The molecule has 8 N–H and O–H groups in total. The molecule has 0 radical (unpaired) electrons. The first kappa shape index (κ1) is 98.3. The number of halogens is 14. The van der Waals surface area contributed by atoms with Crippen molar-refractivity contribution in [3.05, 3.63) is 338 Å². The van der Waals surface area contributed by atoms with Crippen LogP contribution in [0.4, 0.5) is 66.3 Å². The molecule has 0 unspecified atom stereocenters. The van der Waals surface area contributed by atoms with Crippen LogP contribution in [0.2, 0.25) is 0 Å². The molecule has 7 aromatic heterocycles. The number of aryl methyl sites for hydroxylation is 4. The highest BCUT2D eigenvalue weighted by Gasteiger charge is 2.40. The molecule has 0 atom stereocenters. The lowest BCUT2D eigenvalue weighted by Gasteiger charge is -2.31. The van der Waals surface area contributed by atoms with Crippen molar-refractivity contribution in [3.63, 3.8) is 0 Å². The van der Waals surface area contributed by atoms with Gasteiger partial charge in [-0.2, -0.15) is 76.9 Å². The standard InChI is InChI=1S/C24H27F4N5O3.C24H21F3N4O3.C23H18F3N3O3.C22H18F4N4O3S/c1-14(2)36-23(35)32-11-9-16(10-12-32)21-18(8-5-15-3-6-17(25)7-4-15)22(34)33(31-21)20-13-19(29-30-20)24(26,27)28;1-2-34-22(33)17-11-8-15(9-12-17)10-13-18-20(16-6-4-3-5-7-16)30-31(21(18)32)23-28-14-19(29-23)24(25,26)27;24-23(25,26)19-12-17(13-27-19)29-21(30)18(20(28-29)15-4-2-1-3-5-15)11-8-14-6-9-16(10-7-14)22(31)32;1-34(32,33)16-4-2-3-14(11-16)20-17(10-7-13-5-8-15(23)9-6-13)21(31)30(29-20)19-12-18(27-28-19)22(24,25)26/h3-4,6-7,13-14,16,31H,5,8-12H2,1-2H3,(H,29,30);3-9,11-12,14,30H,2,10,13H2,1H3,(H,28,29);1-7,9-10,12,28H,8,11,13H2,(H,31,32);2-6,8-9,11-12,29H,7,10H2,1H3,(H,27,28). The van der Waals surface area contributed by atoms with Gasteiger partial charge in [0.2, 0.25) is 5.95 Å². The van der Waals surface area contributed by atoms with Gasteiger partial charge in [0.05, 0.1) is 64.3 Å². The van der Waals surface area contributed by atoms with Crippen molar-refractivity contribution in [2.75, 3.05) is 32.5 Å². The summed E-state index contributed by atoms with van der Waals surface area (Å²) in [6, 6.07) is 50.2. The van der Waals surface area contributed by atoms with E-state index < -0.39 is 103 Å². The van der Waals surface area contributed by atoms with Crippen LogP contribution < -0.4 is 22.2 Å². The summed E-state index contributed by atoms with van der Waals surface area (Å²) in [6.45, 7) is 6.13. The van der Waals surface area contributed by atoms with Gasteiger partial charge < -0.3 is 24.5 Å². The van der Waals surface area contributed by atoms with Crippen LogP contribution in [0.5, 0.6) is 0 Å². The average molecular weight is 1920 g/mol. The fourth-order valence-electron chi connectivity index (χ4n) is 14.9. The molecule has 0 aliphatic carbocycles. The minimum absolute atomic E-state index is 0.0159. The van der Waals surface area contributed by atoms with Gasteiger partial charge in [0, 0.05) is 70.9 Å². The van der Waals surface area contributed by atoms with Crippen molar-refractivity contribution < 1.29 is 98.8 Å². The van der Waals surface area contributed by atoms with E-state index in [2.05, 4.69) is 45.6 Å². The molecule has 7 aromatic carbocycles. The number of aromatic nitrogens is 14. The summed E-state index contributed by atoms with van der Waals surface area (Å²) < 4.78 is 221. The van der Waals surface area contributed by atoms with Crippen LogP contribution in [0.1, 0.15) is 128 Å². The number of carboxylic acids is 1. The maximum Gasteiger partial charge on any atom is 0.432 e. The maximum absolute atomic E-state index is 13.3. The quantitative estimate of drug-likeness (QED) is 0.0195. The Kier molecular flexibility index (Phi) is 30.0. The van der Waals surface area contributed by atoms with Gasteiger partial charge in [0.25, 0.3) is 22.2 Å². The highest BCUT2D eigenvalue weighted by atomic mass is 32.2. The molecule has 2 aliphatic heterocycles. The molecule has 16 rings (SSSR count). The fraction of sp³-hybridized carbons (Fsp3) is 0.258. The first-order valence-electron chi connectivity index (χ1n) is 42.0. The lowest BCUT2D eigenvalue weighted by Crippen LogP contribution is -2.39. The van der Waals surface area contributed by atoms with Gasteiger partial charge in [-0.25, -0.2) is 41.2 Å². The number of hydrogen-bond acceptors (Lipinski definition) is 15. The molecule has 0 spiro atoms. The maximum atomic E-state index is 13.3. The molecular weight excluding hydrogens is 1830 g/mol. The Labute approximate surface area is 762 Å². The number of allylic oxidation sites excluding steroid dienone is 1. The van der Waals surface area contributed by atoms with Crippen LogP contribution in [0, 0.1) is 11.6 Å². The second kappa shape index (κ2) is 41.5. The number of ether oxygens (including phenoxy) is 2. The first-order chi connectivity index (χ1) is 64.5. The lowest BCUT2D eigenvalue weighted by molar-refractivity contribution is -0.142. The first-order valence-corrected chi connectivity index (χ1v) is 43.9. The number of hydrogen-bond donors (Lipinski definition) is 8. The summed E-state index contributed by atoms with van der Waals surface area (Å²) >= 11 is 0. The molecule has 0 saturated carbocycles. The Bertz CT molecular complexity index is 7030. The predicted molar refractivity (Wildman–Crippen MR) is 471 cm³/mol. The monoisotopic (exact) mass is 1910 g/mol. The van der Waals surface area contributed by atoms with E-state index in [1.54, 1.807) is 141 Å². The van der Waals surface area contributed by atoms with Crippen molar-refractivity contribution >= 4 is 39.3 Å². The van der Waals surface area contributed by atoms with Crippen molar-refractivity contribution in [2.45, 2.75) is 127 Å². The molecule has 28 nitrogen and oxygen atoms in total. The van der Waals surface area contributed by atoms with Crippen molar-refractivity contribution in [3.8, 4) is 51.4 Å². The van der Waals surface area contributed by atoms with Crippen LogP contribution in [0.25, 0.3) is 57.1 Å². The number of aliphatic imine (C=N–C) groups is 1. The molecule has 1 saturated heterocycles. The Hall–Kier alpha value is -15.2. The number of nitrogens with zero attached hydrogens (tertiary/aromatic N) is 9. The SMILES string of the molecule is CC(C)OC(=O)N1CCC(c2[nH]n(-c3cc(C(F)(F)F)[nH]n3)c(=O)c2CCc2ccc(F)cc2)CC1.CCOC(=O)c1ccc(CCc2c(-c3ccccc3)[nH]n(-c3ncc(C(F)(F)F)[nH]3)c2=O)cc1.CS(=O)(=O)c1cccc(-c2[nH]n(-c3cc(C(F)(F)F)[nH]n3)c(=O)c2CCc2ccc(F)cc2)c1.O=C(O)c1ccc(CCc2c(-c3ccccc3)[nH]n(C3=CC(C(F)(F)F)=NC3)c2=O)cc1. The molecule has 0 bridgehead atoms. The fourth-order valence-corrected chi connectivity index (χ4v) is 15.6. The van der Waals surface area contributed by atoms with E-state index in [1.165, 1.54) is 54.6 Å². The number of likely N-dealkylation sites (tertiary alicyclic amines) is 1. The molecule has 9 heterocycles. The number of carboxylic acid groups (broad SMARTS) is 1. The van der Waals surface area contributed by atoms with Crippen LogP contribution >= 0.6 is 0 Å². The topological polar surface area (TPSA) is 377 Å². The van der Waals surface area contributed by atoms with E-state index in [0.29, 0.717) is 134 Å². The summed E-state index contributed by atoms with van der Waals surface area (Å²) in [7, 11) is -3.55. The summed E-state index contributed by atoms with van der Waals surface area (Å²) in [5.41, 5.74) is 2.85. The number of rotatable bonds is 25. The molecular formula is C93H84F14N16O12S. The second-order valence-electron chi connectivity index (χ2n) is 31.6. The van der Waals surface area contributed by atoms with Gasteiger partial charge >= 0.3 is 42.7 Å². The Morgan fingerprint density at radius 2 is 0.912 bits per heavy atom. The number of amides is 1. The third-order valence-corrected chi connectivity index (χ3v) is 23.0. The Morgan fingerprint density at radius 1 is 0.493 bits per heavy atom.